The average Bonchev–Trinajstić information content (AvgIpc) is 2.39. The van der Waals surface area contributed by atoms with Crippen molar-refractivity contribution in [2.45, 2.75) is 31.2 Å². The lowest BCUT2D eigenvalue weighted by Gasteiger charge is -2.29. The monoisotopic (exact) mass is 268 g/mol. The Morgan fingerprint density at radius 3 is 2.28 bits per heavy atom. The van der Waals surface area contributed by atoms with Crippen molar-refractivity contribution in [3.8, 4) is 0 Å². The van der Waals surface area contributed by atoms with E-state index in [0.29, 0.717) is 30.4 Å². The molecule has 0 radical (unpaired) electrons. The summed E-state index contributed by atoms with van der Waals surface area (Å²) in [4.78, 5) is 0.370. The smallest absolute Gasteiger partial charge is 0.243 e. The van der Waals surface area contributed by atoms with Gasteiger partial charge in [0.05, 0.1) is 4.90 Å². The second-order valence-corrected chi connectivity index (χ2v) is 6.87. The molecular weight excluding hydrogens is 248 g/mol. The quantitative estimate of drug-likeness (QED) is 0.905. The first kappa shape index (κ1) is 13.5. The fourth-order valence-corrected chi connectivity index (χ4v) is 3.64. The molecule has 1 fully saturated rings. The van der Waals surface area contributed by atoms with Crippen molar-refractivity contribution < 1.29 is 8.42 Å². The highest BCUT2D eigenvalue weighted by atomic mass is 32.2. The van der Waals surface area contributed by atoms with E-state index in [1.165, 1.54) is 0 Å². The lowest BCUT2D eigenvalue weighted by atomic mass is 10.0. The molecule has 4 nitrogen and oxygen atoms in total. The van der Waals surface area contributed by atoms with Gasteiger partial charge in [0.1, 0.15) is 0 Å². The molecular formula is C13H20N2O2S. The number of rotatable bonds is 3. The van der Waals surface area contributed by atoms with E-state index in [0.717, 1.165) is 18.4 Å². The molecule has 0 aromatic heterocycles. The van der Waals surface area contributed by atoms with E-state index in [1.54, 1.807) is 28.6 Å². The summed E-state index contributed by atoms with van der Waals surface area (Å²) in [5, 5.41) is 0. The molecule has 1 aliphatic heterocycles. The summed E-state index contributed by atoms with van der Waals surface area (Å²) < 4.78 is 26.4. The molecule has 2 rings (SSSR count). The number of nitrogens with two attached hydrogens (primary N) is 1. The SMILES string of the molecule is CC1CCN(S(=O)(=O)c2ccc(CN)cc2)CC1. The Morgan fingerprint density at radius 2 is 1.78 bits per heavy atom. The zero-order valence-corrected chi connectivity index (χ0v) is 11.5. The van der Waals surface area contributed by atoms with E-state index in [2.05, 4.69) is 6.92 Å². The van der Waals surface area contributed by atoms with Gasteiger partial charge in [-0.25, -0.2) is 8.42 Å². The first-order valence-corrected chi connectivity index (χ1v) is 7.77. The Balaban J connectivity index is 2.19. The van der Waals surface area contributed by atoms with Crippen molar-refractivity contribution >= 4 is 10.0 Å². The van der Waals surface area contributed by atoms with Gasteiger partial charge in [-0.1, -0.05) is 19.1 Å². The number of piperidine rings is 1. The second-order valence-electron chi connectivity index (χ2n) is 4.93. The molecule has 0 saturated carbocycles. The number of benzene rings is 1. The highest BCUT2D eigenvalue weighted by Crippen LogP contribution is 2.23. The third kappa shape index (κ3) is 2.74. The van der Waals surface area contributed by atoms with Gasteiger partial charge in [-0.05, 0) is 36.5 Å². The third-order valence-electron chi connectivity index (χ3n) is 3.54. The lowest BCUT2D eigenvalue weighted by molar-refractivity contribution is 0.288. The maximum absolute atomic E-state index is 12.4. The Kier molecular flexibility index (Phi) is 4.04. The Hall–Kier alpha value is -0.910. The molecule has 1 saturated heterocycles. The molecule has 0 atom stereocenters. The molecule has 1 aromatic carbocycles. The van der Waals surface area contributed by atoms with Crippen molar-refractivity contribution in [2.75, 3.05) is 13.1 Å². The van der Waals surface area contributed by atoms with Crippen LogP contribution in [0, 0.1) is 5.92 Å². The number of hydrogen-bond donors (Lipinski definition) is 1. The van der Waals surface area contributed by atoms with Crippen LogP contribution in [0.2, 0.25) is 0 Å². The minimum atomic E-state index is -3.32. The second kappa shape index (κ2) is 5.38. The molecule has 1 aromatic rings. The highest BCUT2D eigenvalue weighted by Gasteiger charge is 2.27. The summed E-state index contributed by atoms with van der Waals surface area (Å²) >= 11 is 0. The van der Waals surface area contributed by atoms with Gasteiger partial charge in [0.15, 0.2) is 0 Å². The fraction of sp³-hybridized carbons (Fsp3) is 0.538. The predicted molar refractivity (Wildman–Crippen MR) is 71.5 cm³/mol. The van der Waals surface area contributed by atoms with Crippen molar-refractivity contribution in [3.63, 3.8) is 0 Å². The summed E-state index contributed by atoms with van der Waals surface area (Å²) in [5.41, 5.74) is 6.45. The highest BCUT2D eigenvalue weighted by molar-refractivity contribution is 7.89. The van der Waals surface area contributed by atoms with Gasteiger partial charge in [-0.15, -0.1) is 0 Å². The zero-order valence-electron chi connectivity index (χ0n) is 10.7. The lowest BCUT2D eigenvalue weighted by Crippen LogP contribution is -2.37. The summed E-state index contributed by atoms with van der Waals surface area (Å²) in [6.07, 6.45) is 1.89. The van der Waals surface area contributed by atoms with Crippen LogP contribution in [0.3, 0.4) is 0 Å². The minimum Gasteiger partial charge on any atom is -0.326 e. The van der Waals surface area contributed by atoms with Crippen LogP contribution in [0.4, 0.5) is 0 Å². The molecule has 0 spiro atoms. The maximum atomic E-state index is 12.4. The van der Waals surface area contributed by atoms with E-state index < -0.39 is 10.0 Å². The van der Waals surface area contributed by atoms with Gasteiger partial charge < -0.3 is 5.73 Å². The van der Waals surface area contributed by atoms with E-state index in [-0.39, 0.29) is 0 Å². The van der Waals surface area contributed by atoms with Crippen molar-refractivity contribution in [1.82, 2.24) is 4.31 Å². The van der Waals surface area contributed by atoms with Crippen LogP contribution < -0.4 is 5.73 Å². The maximum Gasteiger partial charge on any atom is 0.243 e. The standard InChI is InChI=1S/C13H20N2O2S/c1-11-6-8-15(9-7-11)18(16,17)13-4-2-12(10-14)3-5-13/h2-5,11H,6-10,14H2,1H3. The van der Waals surface area contributed by atoms with Crippen LogP contribution in [0.25, 0.3) is 0 Å². The number of hydrogen-bond acceptors (Lipinski definition) is 3. The van der Waals surface area contributed by atoms with E-state index >= 15 is 0 Å². The van der Waals surface area contributed by atoms with Crippen LogP contribution in [0.5, 0.6) is 0 Å². The van der Waals surface area contributed by atoms with E-state index in [1.807, 2.05) is 0 Å². The molecule has 0 bridgehead atoms. The third-order valence-corrected chi connectivity index (χ3v) is 5.45. The number of sulfonamides is 1. The van der Waals surface area contributed by atoms with Gasteiger partial charge >= 0.3 is 0 Å². The minimum absolute atomic E-state index is 0.370. The first-order chi connectivity index (χ1) is 8.54. The summed E-state index contributed by atoms with van der Waals surface area (Å²) in [7, 11) is -3.32. The van der Waals surface area contributed by atoms with Crippen LogP contribution in [0.1, 0.15) is 25.3 Å². The Labute approximate surface area is 109 Å². The van der Waals surface area contributed by atoms with Gasteiger partial charge in [-0.3, -0.25) is 0 Å². The molecule has 5 heteroatoms. The molecule has 18 heavy (non-hydrogen) atoms. The summed E-state index contributed by atoms with van der Waals surface area (Å²) in [5.74, 6) is 0.621. The van der Waals surface area contributed by atoms with Crippen molar-refractivity contribution in [1.29, 1.82) is 0 Å². The van der Waals surface area contributed by atoms with Crippen LogP contribution >= 0.6 is 0 Å². The summed E-state index contributed by atoms with van der Waals surface area (Å²) in [6.45, 7) is 3.85. The van der Waals surface area contributed by atoms with Gasteiger partial charge in [-0.2, -0.15) is 4.31 Å². The van der Waals surface area contributed by atoms with E-state index in [4.69, 9.17) is 5.73 Å². The van der Waals surface area contributed by atoms with Gasteiger partial charge in [0, 0.05) is 19.6 Å². The normalized spacial score (nSPS) is 19.0. The molecule has 0 unspecified atom stereocenters. The fourth-order valence-electron chi connectivity index (χ4n) is 2.17. The summed E-state index contributed by atoms with van der Waals surface area (Å²) in [6, 6.07) is 6.85. The van der Waals surface area contributed by atoms with Crippen LogP contribution in [-0.2, 0) is 16.6 Å². The van der Waals surface area contributed by atoms with Gasteiger partial charge in [0.2, 0.25) is 10.0 Å². The number of nitrogens with zero attached hydrogens (tertiary/aromatic N) is 1. The van der Waals surface area contributed by atoms with Crippen molar-refractivity contribution in [3.05, 3.63) is 29.8 Å². The molecule has 0 aliphatic carbocycles. The average molecular weight is 268 g/mol. The first-order valence-electron chi connectivity index (χ1n) is 6.33. The van der Waals surface area contributed by atoms with Crippen molar-refractivity contribution in [2.24, 2.45) is 11.7 Å². The van der Waals surface area contributed by atoms with Crippen LogP contribution in [0.15, 0.2) is 29.2 Å². The Bertz CT molecular complexity index is 488. The van der Waals surface area contributed by atoms with Crippen LogP contribution in [-0.4, -0.2) is 25.8 Å². The Morgan fingerprint density at radius 1 is 1.22 bits per heavy atom. The van der Waals surface area contributed by atoms with Gasteiger partial charge in [0.25, 0.3) is 0 Å². The van der Waals surface area contributed by atoms with E-state index in [9.17, 15) is 8.42 Å². The largest absolute Gasteiger partial charge is 0.326 e. The molecule has 1 aliphatic rings. The molecule has 2 N–H and O–H groups in total. The molecule has 1 heterocycles. The predicted octanol–water partition coefficient (Wildman–Crippen LogP) is 1.57. The molecule has 100 valence electrons. The topological polar surface area (TPSA) is 63.4 Å². The molecule has 0 amide bonds. The zero-order chi connectivity index (χ0) is 13.2.